The second-order valence-electron chi connectivity index (χ2n) is 3.56. The quantitative estimate of drug-likeness (QED) is 0.734. The maximum absolute atomic E-state index is 9.57. The molecule has 0 radical (unpaired) electrons. The lowest BCUT2D eigenvalue weighted by Gasteiger charge is -2.23. The SMILES string of the molecule is Oc1ccccc1C[C@H]1COCCN1. The van der Waals surface area contributed by atoms with Crippen molar-refractivity contribution in [3.63, 3.8) is 0 Å². The average Bonchev–Trinajstić information content (AvgIpc) is 2.23. The first-order chi connectivity index (χ1) is 6.86. The number of nitrogens with one attached hydrogen (secondary N) is 1. The molecule has 14 heavy (non-hydrogen) atoms. The highest BCUT2D eigenvalue weighted by molar-refractivity contribution is 5.32. The first-order valence-electron chi connectivity index (χ1n) is 4.94. The van der Waals surface area contributed by atoms with Gasteiger partial charge in [-0.2, -0.15) is 0 Å². The number of phenols is 1. The van der Waals surface area contributed by atoms with Gasteiger partial charge in [0.25, 0.3) is 0 Å². The molecule has 1 aliphatic heterocycles. The molecule has 2 N–H and O–H groups in total. The first-order valence-corrected chi connectivity index (χ1v) is 4.94. The van der Waals surface area contributed by atoms with Crippen molar-refractivity contribution in [3.05, 3.63) is 29.8 Å². The molecule has 2 rings (SSSR count). The van der Waals surface area contributed by atoms with Crippen LogP contribution >= 0.6 is 0 Å². The first kappa shape index (κ1) is 9.49. The number of aromatic hydroxyl groups is 1. The standard InChI is InChI=1S/C11H15NO2/c13-11-4-2-1-3-9(11)7-10-8-14-6-5-12-10/h1-4,10,12-13H,5-8H2/t10-/m0/s1. The molecule has 1 saturated heterocycles. The van der Waals surface area contributed by atoms with E-state index in [1.165, 1.54) is 0 Å². The third-order valence-electron chi connectivity index (χ3n) is 2.46. The fraction of sp³-hybridized carbons (Fsp3) is 0.455. The van der Waals surface area contributed by atoms with Crippen LogP contribution in [-0.2, 0) is 11.2 Å². The van der Waals surface area contributed by atoms with Gasteiger partial charge in [0.15, 0.2) is 0 Å². The van der Waals surface area contributed by atoms with E-state index in [0.29, 0.717) is 11.8 Å². The van der Waals surface area contributed by atoms with Crippen molar-refractivity contribution in [2.24, 2.45) is 0 Å². The number of rotatable bonds is 2. The second-order valence-corrected chi connectivity index (χ2v) is 3.56. The zero-order valence-corrected chi connectivity index (χ0v) is 8.07. The molecule has 1 heterocycles. The van der Waals surface area contributed by atoms with E-state index >= 15 is 0 Å². The van der Waals surface area contributed by atoms with Gasteiger partial charge in [-0.05, 0) is 18.1 Å². The third kappa shape index (κ3) is 2.25. The largest absolute Gasteiger partial charge is 0.508 e. The number of morpholine rings is 1. The summed E-state index contributed by atoms with van der Waals surface area (Å²) in [4.78, 5) is 0. The van der Waals surface area contributed by atoms with Crippen molar-refractivity contribution < 1.29 is 9.84 Å². The normalized spacial score (nSPS) is 22.1. The van der Waals surface area contributed by atoms with Gasteiger partial charge in [-0.1, -0.05) is 18.2 Å². The molecule has 0 bridgehead atoms. The van der Waals surface area contributed by atoms with E-state index in [2.05, 4.69) is 5.32 Å². The fourth-order valence-corrected chi connectivity index (χ4v) is 1.70. The molecule has 1 atom stereocenters. The van der Waals surface area contributed by atoms with Crippen LogP contribution in [0.25, 0.3) is 0 Å². The van der Waals surface area contributed by atoms with E-state index in [1.54, 1.807) is 6.07 Å². The zero-order chi connectivity index (χ0) is 9.80. The van der Waals surface area contributed by atoms with Gasteiger partial charge in [-0.3, -0.25) is 0 Å². The van der Waals surface area contributed by atoms with Gasteiger partial charge in [0.1, 0.15) is 5.75 Å². The van der Waals surface area contributed by atoms with Crippen molar-refractivity contribution >= 4 is 0 Å². The molecule has 3 heteroatoms. The van der Waals surface area contributed by atoms with Crippen LogP contribution in [0.1, 0.15) is 5.56 Å². The highest BCUT2D eigenvalue weighted by Gasteiger charge is 2.14. The molecule has 1 aliphatic rings. The van der Waals surface area contributed by atoms with Gasteiger partial charge in [-0.25, -0.2) is 0 Å². The van der Waals surface area contributed by atoms with Crippen LogP contribution in [0.4, 0.5) is 0 Å². The Hall–Kier alpha value is -1.06. The van der Waals surface area contributed by atoms with Crippen LogP contribution in [0.2, 0.25) is 0 Å². The Bertz CT molecular complexity index is 295. The predicted molar refractivity (Wildman–Crippen MR) is 54.4 cm³/mol. The summed E-state index contributed by atoms with van der Waals surface area (Å²) in [5.41, 5.74) is 0.982. The Kier molecular flexibility index (Phi) is 3.01. The molecule has 0 aliphatic carbocycles. The Labute approximate surface area is 83.7 Å². The van der Waals surface area contributed by atoms with E-state index in [4.69, 9.17) is 4.74 Å². The van der Waals surface area contributed by atoms with Gasteiger partial charge in [0, 0.05) is 12.6 Å². The average molecular weight is 193 g/mol. The van der Waals surface area contributed by atoms with Crippen molar-refractivity contribution in [1.29, 1.82) is 0 Å². The summed E-state index contributed by atoms with van der Waals surface area (Å²) < 4.78 is 5.35. The Morgan fingerprint density at radius 3 is 3.00 bits per heavy atom. The smallest absolute Gasteiger partial charge is 0.118 e. The number of benzene rings is 1. The topological polar surface area (TPSA) is 41.5 Å². The van der Waals surface area contributed by atoms with Crippen molar-refractivity contribution in [2.75, 3.05) is 19.8 Å². The third-order valence-corrected chi connectivity index (χ3v) is 2.46. The highest BCUT2D eigenvalue weighted by atomic mass is 16.5. The van der Waals surface area contributed by atoms with Gasteiger partial charge < -0.3 is 15.2 Å². The van der Waals surface area contributed by atoms with Crippen molar-refractivity contribution in [2.45, 2.75) is 12.5 Å². The molecule has 0 spiro atoms. The summed E-state index contributed by atoms with van der Waals surface area (Å²) in [7, 11) is 0. The highest BCUT2D eigenvalue weighted by Crippen LogP contribution is 2.17. The van der Waals surface area contributed by atoms with E-state index in [1.807, 2.05) is 18.2 Å². The number of ether oxygens (including phenoxy) is 1. The number of para-hydroxylation sites is 1. The van der Waals surface area contributed by atoms with E-state index in [9.17, 15) is 5.11 Å². The Balaban J connectivity index is 1.99. The maximum Gasteiger partial charge on any atom is 0.118 e. The summed E-state index contributed by atoms with van der Waals surface area (Å²) >= 11 is 0. The molecule has 0 amide bonds. The van der Waals surface area contributed by atoms with Gasteiger partial charge in [0.2, 0.25) is 0 Å². The van der Waals surface area contributed by atoms with E-state index in [0.717, 1.165) is 31.7 Å². The monoisotopic (exact) mass is 193 g/mol. The van der Waals surface area contributed by atoms with Gasteiger partial charge in [0.05, 0.1) is 13.2 Å². The molecule has 0 unspecified atom stereocenters. The van der Waals surface area contributed by atoms with Crippen LogP contribution in [0.15, 0.2) is 24.3 Å². The lowest BCUT2D eigenvalue weighted by Crippen LogP contribution is -2.42. The second kappa shape index (κ2) is 4.44. The molecule has 1 aromatic carbocycles. The van der Waals surface area contributed by atoms with Crippen LogP contribution in [0.5, 0.6) is 5.75 Å². The molecule has 1 fully saturated rings. The lowest BCUT2D eigenvalue weighted by molar-refractivity contribution is 0.0768. The van der Waals surface area contributed by atoms with Crippen molar-refractivity contribution in [1.82, 2.24) is 5.32 Å². The van der Waals surface area contributed by atoms with Gasteiger partial charge in [-0.15, -0.1) is 0 Å². The fourth-order valence-electron chi connectivity index (χ4n) is 1.70. The Morgan fingerprint density at radius 2 is 2.29 bits per heavy atom. The van der Waals surface area contributed by atoms with E-state index in [-0.39, 0.29) is 0 Å². The molecular weight excluding hydrogens is 178 g/mol. The van der Waals surface area contributed by atoms with Crippen LogP contribution in [-0.4, -0.2) is 30.9 Å². The van der Waals surface area contributed by atoms with Crippen molar-refractivity contribution in [3.8, 4) is 5.75 Å². The summed E-state index contributed by atoms with van der Waals surface area (Å²) in [6.45, 7) is 2.42. The number of hydrogen-bond donors (Lipinski definition) is 2. The van der Waals surface area contributed by atoms with Crippen LogP contribution in [0, 0.1) is 0 Å². The molecule has 76 valence electrons. The number of hydrogen-bond acceptors (Lipinski definition) is 3. The lowest BCUT2D eigenvalue weighted by atomic mass is 10.1. The molecule has 0 saturated carbocycles. The minimum absolute atomic E-state index is 0.331. The van der Waals surface area contributed by atoms with Crippen LogP contribution in [0.3, 0.4) is 0 Å². The molecule has 3 nitrogen and oxygen atoms in total. The minimum atomic E-state index is 0.331. The predicted octanol–water partition coefficient (Wildman–Crippen LogP) is 0.923. The maximum atomic E-state index is 9.57. The summed E-state index contributed by atoms with van der Waals surface area (Å²) in [5, 5.41) is 12.9. The molecule has 1 aromatic rings. The minimum Gasteiger partial charge on any atom is -0.508 e. The van der Waals surface area contributed by atoms with Gasteiger partial charge >= 0.3 is 0 Å². The van der Waals surface area contributed by atoms with E-state index < -0.39 is 0 Å². The molecular formula is C11H15NO2. The molecule has 0 aromatic heterocycles. The Morgan fingerprint density at radius 1 is 1.43 bits per heavy atom. The van der Waals surface area contributed by atoms with Crippen LogP contribution < -0.4 is 5.32 Å². The zero-order valence-electron chi connectivity index (χ0n) is 8.07. The summed E-state index contributed by atoms with van der Waals surface area (Å²) in [6.07, 6.45) is 0.826. The summed E-state index contributed by atoms with van der Waals surface area (Å²) in [5.74, 6) is 0.375. The summed E-state index contributed by atoms with van der Waals surface area (Å²) in [6, 6.07) is 7.78. The number of phenolic OH excluding ortho intramolecular Hbond substituents is 1.